The van der Waals surface area contributed by atoms with Crippen LogP contribution in [0.5, 0.6) is 0 Å². The molecule has 1 aromatic carbocycles. The van der Waals surface area contributed by atoms with Crippen LogP contribution >= 0.6 is 0 Å². The number of hydrogen-bond acceptors (Lipinski definition) is 2. The molecule has 0 spiro atoms. The van der Waals surface area contributed by atoms with Crippen LogP contribution in [-0.2, 0) is 0 Å². The van der Waals surface area contributed by atoms with Crippen molar-refractivity contribution in [1.82, 2.24) is 4.90 Å². The average Bonchev–Trinajstić information content (AvgIpc) is 2.72. The van der Waals surface area contributed by atoms with Gasteiger partial charge in [0.25, 0.3) is 0 Å². The van der Waals surface area contributed by atoms with E-state index in [1.54, 1.807) is 13.0 Å². The Labute approximate surface area is 128 Å². The molecule has 0 amide bonds. The Morgan fingerprint density at radius 3 is 2.86 bits per heavy atom. The Bertz CT molecular complexity index is 449. The lowest BCUT2D eigenvalue weighted by molar-refractivity contribution is 0.122. The number of nitrogens with zero attached hydrogens (tertiary/aromatic N) is 1. The van der Waals surface area contributed by atoms with E-state index in [9.17, 15) is 9.50 Å². The van der Waals surface area contributed by atoms with Crippen molar-refractivity contribution in [2.45, 2.75) is 64.5 Å². The van der Waals surface area contributed by atoms with Gasteiger partial charge in [0.2, 0.25) is 0 Å². The summed E-state index contributed by atoms with van der Waals surface area (Å²) in [6.07, 6.45) is 6.45. The van der Waals surface area contributed by atoms with Crippen LogP contribution in [-0.4, -0.2) is 29.1 Å². The zero-order valence-electron chi connectivity index (χ0n) is 13.3. The maximum absolute atomic E-state index is 13.6. The molecule has 1 heterocycles. The molecule has 1 aromatic rings. The van der Waals surface area contributed by atoms with Gasteiger partial charge >= 0.3 is 0 Å². The van der Waals surface area contributed by atoms with Crippen LogP contribution in [0.1, 0.15) is 62.7 Å². The molecule has 1 aliphatic heterocycles. The van der Waals surface area contributed by atoms with Gasteiger partial charge in [-0.25, -0.2) is 4.39 Å². The Morgan fingerprint density at radius 1 is 1.33 bits per heavy atom. The Balaban J connectivity index is 1.92. The number of benzene rings is 1. The molecule has 1 aliphatic rings. The largest absolute Gasteiger partial charge is 0.388 e. The van der Waals surface area contributed by atoms with E-state index in [0.717, 1.165) is 13.1 Å². The minimum Gasteiger partial charge on any atom is -0.388 e. The fourth-order valence-corrected chi connectivity index (χ4v) is 3.26. The molecule has 1 saturated heterocycles. The van der Waals surface area contributed by atoms with Crippen molar-refractivity contribution in [3.8, 4) is 0 Å². The average molecular weight is 293 g/mol. The molecule has 21 heavy (non-hydrogen) atoms. The predicted molar refractivity (Wildman–Crippen MR) is 84.8 cm³/mol. The van der Waals surface area contributed by atoms with Crippen molar-refractivity contribution < 1.29 is 9.50 Å². The molecule has 1 fully saturated rings. The molecule has 2 nitrogen and oxygen atoms in total. The monoisotopic (exact) mass is 293 g/mol. The molecule has 0 radical (unpaired) electrons. The smallest absolute Gasteiger partial charge is 0.126 e. The van der Waals surface area contributed by atoms with Gasteiger partial charge in [0.1, 0.15) is 5.82 Å². The third-order valence-electron chi connectivity index (χ3n) is 4.74. The highest BCUT2D eigenvalue weighted by Gasteiger charge is 2.20. The number of halogens is 1. The molecule has 0 bridgehead atoms. The zero-order chi connectivity index (χ0) is 15.2. The topological polar surface area (TPSA) is 23.5 Å². The van der Waals surface area contributed by atoms with Crippen LogP contribution in [0.3, 0.4) is 0 Å². The normalized spacial score (nSPS) is 22.0. The third kappa shape index (κ3) is 4.52. The van der Waals surface area contributed by atoms with Crippen LogP contribution in [0.15, 0.2) is 18.2 Å². The SMILES string of the molecule is CCC1CCCCCN1CCC(O)c1ccc(C)c(F)c1. The number of likely N-dealkylation sites (tertiary alicyclic amines) is 1. The van der Waals surface area contributed by atoms with E-state index in [0.29, 0.717) is 23.6 Å². The molecular weight excluding hydrogens is 265 g/mol. The first-order valence-corrected chi connectivity index (χ1v) is 8.30. The first kappa shape index (κ1) is 16.4. The lowest BCUT2D eigenvalue weighted by Gasteiger charge is -2.30. The minimum atomic E-state index is -0.569. The van der Waals surface area contributed by atoms with Crippen LogP contribution in [0.4, 0.5) is 4.39 Å². The van der Waals surface area contributed by atoms with Crippen LogP contribution < -0.4 is 0 Å². The number of aryl methyl sites for hydroxylation is 1. The molecule has 1 N–H and O–H groups in total. The number of hydrogen-bond donors (Lipinski definition) is 1. The molecule has 2 rings (SSSR count). The number of aliphatic hydroxyl groups excluding tert-OH is 1. The maximum Gasteiger partial charge on any atom is 0.126 e. The highest BCUT2D eigenvalue weighted by atomic mass is 19.1. The lowest BCUT2D eigenvalue weighted by Crippen LogP contribution is -2.35. The van der Waals surface area contributed by atoms with Crippen LogP contribution in [0, 0.1) is 12.7 Å². The lowest BCUT2D eigenvalue weighted by atomic mass is 10.0. The maximum atomic E-state index is 13.6. The second-order valence-electron chi connectivity index (χ2n) is 6.26. The molecule has 118 valence electrons. The molecular formula is C18H28FNO. The van der Waals surface area contributed by atoms with Crippen molar-refractivity contribution in [3.63, 3.8) is 0 Å². The first-order valence-electron chi connectivity index (χ1n) is 8.30. The van der Waals surface area contributed by atoms with Gasteiger partial charge in [0.05, 0.1) is 6.10 Å². The second kappa shape index (κ2) is 7.90. The predicted octanol–water partition coefficient (Wildman–Crippen LogP) is 4.21. The van der Waals surface area contributed by atoms with Gasteiger partial charge in [-0.1, -0.05) is 31.9 Å². The van der Waals surface area contributed by atoms with Gasteiger partial charge in [-0.05, 0) is 56.3 Å². The van der Waals surface area contributed by atoms with Gasteiger partial charge in [-0.2, -0.15) is 0 Å². The van der Waals surface area contributed by atoms with Crippen molar-refractivity contribution in [1.29, 1.82) is 0 Å². The van der Waals surface area contributed by atoms with Gasteiger partial charge < -0.3 is 10.0 Å². The molecule has 2 atom stereocenters. The van der Waals surface area contributed by atoms with E-state index < -0.39 is 6.10 Å². The summed E-state index contributed by atoms with van der Waals surface area (Å²) < 4.78 is 13.6. The van der Waals surface area contributed by atoms with Crippen molar-refractivity contribution in [2.24, 2.45) is 0 Å². The van der Waals surface area contributed by atoms with Crippen molar-refractivity contribution in [3.05, 3.63) is 35.1 Å². The summed E-state index contributed by atoms with van der Waals surface area (Å²) in [4.78, 5) is 2.51. The Kier molecular flexibility index (Phi) is 6.19. The number of rotatable bonds is 5. The summed E-state index contributed by atoms with van der Waals surface area (Å²) in [7, 11) is 0. The summed E-state index contributed by atoms with van der Waals surface area (Å²) in [6, 6.07) is 5.70. The van der Waals surface area contributed by atoms with E-state index >= 15 is 0 Å². The molecule has 0 aliphatic carbocycles. The van der Waals surface area contributed by atoms with Gasteiger partial charge in [-0.3, -0.25) is 0 Å². The van der Waals surface area contributed by atoms with E-state index in [-0.39, 0.29) is 5.82 Å². The summed E-state index contributed by atoms with van der Waals surface area (Å²) in [5.74, 6) is -0.229. The van der Waals surface area contributed by atoms with E-state index in [4.69, 9.17) is 0 Å². The van der Waals surface area contributed by atoms with Crippen LogP contribution in [0.2, 0.25) is 0 Å². The quantitative estimate of drug-likeness (QED) is 0.879. The fraction of sp³-hybridized carbons (Fsp3) is 0.667. The highest BCUT2D eigenvalue weighted by molar-refractivity contribution is 5.24. The second-order valence-corrected chi connectivity index (χ2v) is 6.26. The summed E-state index contributed by atoms with van der Waals surface area (Å²) in [5, 5.41) is 10.3. The molecule has 2 unspecified atom stereocenters. The Morgan fingerprint density at radius 2 is 2.14 bits per heavy atom. The molecule has 0 aromatic heterocycles. The van der Waals surface area contributed by atoms with Crippen molar-refractivity contribution in [2.75, 3.05) is 13.1 Å². The van der Waals surface area contributed by atoms with E-state index in [1.807, 2.05) is 6.07 Å². The standard InChI is InChI=1S/C18H28FNO/c1-3-16-7-5-4-6-11-20(16)12-10-18(21)15-9-8-14(2)17(19)13-15/h8-9,13,16,18,21H,3-7,10-12H2,1-2H3. The summed E-state index contributed by atoms with van der Waals surface area (Å²) in [5.41, 5.74) is 1.32. The zero-order valence-corrected chi connectivity index (χ0v) is 13.3. The van der Waals surface area contributed by atoms with Crippen LogP contribution in [0.25, 0.3) is 0 Å². The minimum absolute atomic E-state index is 0.229. The third-order valence-corrected chi connectivity index (χ3v) is 4.74. The number of aliphatic hydroxyl groups is 1. The Hall–Kier alpha value is -0.930. The first-order chi connectivity index (χ1) is 10.1. The van der Waals surface area contributed by atoms with E-state index in [2.05, 4.69) is 11.8 Å². The van der Waals surface area contributed by atoms with Gasteiger partial charge in [-0.15, -0.1) is 0 Å². The van der Waals surface area contributed by atoms with Gasteiger partial charge in [0.15, 0.2) is 0 Å². The molecule has 0 saturated carbocycles. The summed E-state index contributed by atoms with van der Waals surface area (Å²) in [6.45, 7) is 6.02. The fourth-order valence-electron chi connectivity index (χ4n) is 3.26. The van der Waals surface area contributed by atoms with E-state index in [1.165, 1.54) is 38.2 Å². The van der Waals surface area contributed by atoms with Gasteiger partial charge in [0, 0.05) is 12.6 Å². The highest BCUT2D eigenvalue weighted by Crippen LogP contribution is 2.23. The van der Waals surface area contributed by atoms with Crippen molar-refractivity contribution >= 4 is 0 Å². The molecule has 3 heteroatoms. The summed E-state index contributed by atoms with van der Waals surface area (Å²) >= 11 is 0.